The first kappa shape index (κ1) is 15.4. The third kappa shape index (κ3) is 2.75. The molecule has 0 aliphatic heterocycles. The molecule has 0 saturated heterocycles. The molecule has 0 aliphatic rings. The standard InChI is InChI=1S/C18H16N2O2S/c1-20(12-7-4-3-5-8-12)18(22)14-11-19-16-13(17(14)21)9-6-10-15(16)23-2/h3-11H,1-2H3,(H,19,21). The van der Waals surface area contributed by atoms with Gasteiger partial charge in [-0.2, -0.15) is 0 Å². The number of carbonyl (C=O) groups is 1. The van der Waals surface area contributed by atoms with Crippen LogP contribution < -0.4 is 10.3 Å². The first-order chi connectivity index (χ1) is 11.1. The third-order valence-corrected chi connectivity index (χ3v) is 4.55. The highest BCUT2D eigenvalue weighted by Gasteiger charge is 2.18. The molecule has 116 valence electrons. The van der Waals surface area contributed by atoms with Crippen molar-refractivity contribution < 1.29 is 4.79 Å². The molecule has 0 radical (unpaired) electrons. The van der Waals surface area contributed by atoms with Gasteiger partial charge in [0.2, 0.25) is 5.43 Å². The number of H-pyrrole nitrogens is 1. The van der Waals surface area contributed by atoms with Crippen LogP contribution in [0.3, 0.4) is 0 Å². The first-order valence-electron chi connectivity index (χ1n) is 7.15. The van der Waals surface area contributed by atoms with Gasteiger partial charge >= 0.3 is 0 Å². The number of hydrogen-bond acceptors (Lipinski definition) is 3. The first-order valence-corrected chi connectivity index (χ1v) is 8.37. The molecule has 1 N–H and O–H groups in total. The number of aromatic nitrogens is 1. The number of anilines is 1. The van der Waals surface area contributed by atoms with E-state index in [1.165, 1.54) is 11.1 Å². The Morgan fingerprint density at radius 1 is 1.09 bits per heavy atom. The number of fused-ring (bicyclic) bond motifs is 1. The summed E-state index contributed by atoms with van der Waals surface area (Å²) in [4.78, 5) is 30.9. The average molecular weight is 324 g/mol. The second-order valence-corrected chi connectivity index (χ2v) is 5.96. The highest BCUT2D eigenvalue weighted by molar-refractivity contribution is 7.98. The zero-order valence-corrected chi connectivity index (χ0v) is 13.7. The third-order valence-electron chi connectivity index (χ3n) is 3.77. The number of thioether (sulfide) groups is 1. The highest BCUT2D eigenvalue weighted by atomic mass is 32.2. The highest BCUT2D eigenvalue weighted by Crippen LogP contribution is 2.23. The minimum Gasteiger partial charge on any atom is -0.359 e. The van der Waals surface area contributed by atoms with Gasteiger partial charge in [0.15, 0.2) is 0 Å². The molecular weight excluding hydrogens is 308 g/mol. The van der Waals surface area contributed by atoms with Crippen LogP contribution in [0, 0.1) is 0 Å². The maximum atomic E-state index is 12.7. The molecule has 0 atom stereocenters. The van der Waals surface area contributed by atoms with Crippen LogP contribution in [0.1, 0.15) is 10.4 Å². The smallest absolute Gasteiger partial charge is 0.263 e. The molecule has 3 rings (SSSR count). The lowest BCUT2D eigenvalue weighted by atomic mass is 10.1. The van der Waals surface area contributed by atoms with Gasteiger partial charge in [0.1, 0.15) is 5.56 Å². The molecule has 0 saturated carbocycles. The second-order valence-electron chi connectivity index (χ2n) is 5.11. The van der Waals surface area contributed by atoms with Crippen LogP contribution in [0.15, 0.2) is 64.4 Å². The van der Waals surface area contributed by atoms with Crippen molar-refractivity contribution in [2.75, 3.05) is 18.2 Å². The molecule has 0 unspecified atom stereocenters. The van der Waals surface area contributed by atoms with Crippen molar-refractivity contribution in [2.24, 2.45) is 0 Å². The van der Waals surface area contributed by atoms with E-state index in [9.17, 15) is 9.59 Å². The number of nitrogens with one attached hydrogen (secondary N) is 1. The predicted molar refractivity (Wildman–Crippen MR) is 95.5 cm³/mol. The van der Waals surface area contributed by atoms with E-state index in [-0.39, 0.29) is 16.9 Å². The van der Waals surface area contributed by atoms with E-state index in [0.717, 1.165) is 16.1 Å². The largest absolute Gasteiger partial charge is 0.359 e. The summed E-state index contributed by atoms with van der Waals surface area (Å²) in [6, 6.07) is 14.8. The number of nitrogens with zero attached hydrogens (tertiary/aromatic N) is 1. The van der Waals surface area contributed by atoms with Gasteiger partial charge in [-0.15, -0.1) is 11.8 Å². The normalized spacial score (nSPS) is 10.7. The molecule has 5 heteroatoms. The Bertz CT molecular complexity index is 919. The number of para-hydroxylation sites is 2. The lowest BCUT2D eigenvalue weighted by molar-refractivity contribution is 0.0992. The molecule has 1 heterocycles. The Balaban J connectivity index is 2.09. The summed E-state index contributed by atoms with van der Waals surface area (Å²) in [5.41, 5.74) is 1.41. The summed E-state index contributed by atoms with van der Waals surface area (Å²) in [5, 5.41) is 0.532. The van der Waals surface area contributed by atoms with Crippen molar-refractivity contribution in [2.45, 2.75) is 4.90 Å². The Morgan fingerprint density at radius 2 is 1.83 bits per heavy atom. The summed E-state index contributed by atoms with van der Waals surface area (Å²) in [7, 11) is 1.67. The van der Waals surface area contributed by atoms with Crippen LogP contribution >= 0.6 is 11.8 Å². The van der Waals surface area contributed by atoms with Crippen LogP contribution in [0.5, 0.6) is 0 Å². The lowest BCUT2D eigenvalue weighted by Crippen LogP contribution is -2.31. The number of carbonyl (C=O) groups excluding carboxylic acids is 1. The van der Waals surface area contributed by atoms with Gasteiger partial charge in [-0.3, -0.25) is 9.59 Å². The van der Waals surface area contributed by atoms with Crippen LogP contribution in [-0.4, -0.2) is 24.2 Å². The van der Waals surface area contributed by atoms with Gasteiger partial charge in [0.05, 0.1) is 5.52 Å². The monoisotopic (exact) mass is 324 g/mol. The number of benzene rings is 2. The summed E-state index contributed by atoms with van der Waals surface area (Å²) in [6.45, 7) is 0. The van der Waals surface area contributed by atoms with Crippen molar-refractivity contribution >= 4 is 34.3 Å². The van der Waals surface area contributed by atoms with Crippen molar-refractivity contribution in [3.63, 3.8) is 0 Å². The quantitative estimate of drug-likeness (QED) is 0.750. The molecule has 0 fully saturated rings. The summed E-state index contributed by atoms with van der Waals surface area (Å²) < 4.78 is 0. The van der Waals surface area contributed by atoms with Gasteiger partial charge in [0.25, 0.3) is 5.91 Å². The SMILES string of the molecule is CSc1cccc2c(=O)c(C(=O)N(C)c3ccccc3)c[nH]c12. The van der Waals surface area contributed by atoms with Crippen LogP contribution in [0.25, 0.3) is 10.9 Å². The van der Waals surface area contributed by atoms with Gasteiger partial charge in [-0.1, -0.05) is 24.3 Å². The number of hydrogen-bond donors (Lipinski definition) is 1. The second kappa shape index (κ2) is 6.30. The van der Waals surface area contributed by atoms with Gasteiger partial charge in [-0.05, 0) is 30.5 Å². The fourth-order valence-electron chi connectivity index (χ4n) is 2.50. The topological polar surface area (TPSA) is 53.2 Å². The van der Waals surface area contributed by atoms with E-state index in [1.807, 2.05) is 48.7 Å². The minimum absolute atomic E-state index is 0.141. The molecule has 4 nitrogen and oxygen atoms in total. The average Bonchev–Trinajstić information content (AvgIpc) is 2.61. The zero-order chi connectivity index (χ0) is 16.4. The minimum atomic E-state index is -0.325. The van der Waals surface area contributed by atoms with Crippen molar-refractivity contribution in [3.8, 4) is 0 Å². The zero-order valence-electron chi connectivity index (χ0n) is 12.9. The van der Waals surface area contributed by atoms with Gasteiger partial charge in [-0.25, -0.2) is 0 Å². The van der Waals surface area contributed by atoms with E-state index in [4.69, 9.17) is 0 Å². The molecule has 3 aromatic rings. The number of pyridine rings is 1. The summed E-state index contributed by atoms with van der Waals surface area (Å²) in [5.74, 6) is -0.325. The fourth-order valence-corrected chi connectivity index (χ4v) is 3.09. The molecule has 1 aromatic heterocycles. The van der Waals surface area contributed by atoms with Gasteiger partial charge < -0.3 is 9.88 Å². The van der Waals surface area contributed by atoms with Gasteiger partial charge in [0, 0.05) is 29.2 Å². The number of amides is 1. The summed E-state index contributed by atoms with van der Waals surface area (Å²) in [6.07, 6.45) is 3.46. The number of rotatable bonds is 3. The summed E-state index contributed by atoms with van der Waals surface area (Å²) >= 11 is 1.56. The molecule has 23 heavy (non-hydrogen) atoms. The number of aromatic amines is 1. The van der Waals surface area contributed by atoms with E-state index in [2.05, 4.69) is 4.98 Å². The Morgan fingerprint density at radius 3 is 2.52 bits per heavy atom. The van der Waals surface area contributed by atoms with Crippen LogP contribution in [0.2, 0.25) is 0 Å². The molecule has 0 bridgehead atoms. The molecule has 0 aliphatic carbocycles. The molecule has 0 spiro atoms. The van der Waals surface area contributed by atoms with E-state index in [0.29, 0.717) is 5.39 Å². The maximum absolute atomic E-state index is 12.7. The van der Waals surface area contributed by atoms with Crippen LogP contribution in [-0.2, 0) is 0 Å². The predicted octanol–water partition coefficient (Wildman–Crippen LogP) is 3.53. The Hall–Kier alpha value is -2.53. The van der Waals surface area contributed by atoms with E-state index >= 15 is 0 Å². The Labute approximate surface area is 138 Å². The van der Waals surface area contributed by atoms with E-state index in [1.54, 1.807) is 24.9 Å². The fraction of sp³-hybridized carbons (Fsp3) is 0.111. The Kier molecular flexibility index (Phi) is 4.21. The van der Waals surface area contributed by atoms with Crippen molar-refractivity contribution in [1.29, 1.82) is 0 Å². The van der Waals surface area contributed by atoms with Crippen molar-refractivity contribution in [3.05, 3.63) is 70.5 Å². The van der Waals surface area contributed by atoms with Crippen molar-refractivity contribution in [1.82, 2.24) is 4.98 Å². The maximum Gasteiger partial charge on any atom is 0.263 e. The van der Waals surface area contributed by atoms with Crippen LogP contribution in [0.4, 0.5) is 5.69 Å². The lowest BCUT2D eigenvalue weighted by Gasteiger charge is -2.17. The molecule has 2 aromatic carbocycles. The van der Waals surface area contributed by atoms with E-state index < -0.39 is 0 Å². The molecule has 1 amide bonds. The molecular formula is C18H16N2O2S.